The number of anilines is 1. The van der Waals surface area contributed by atoms with E-state index in [1.807, 2.05) is 30.3 Å². The molecule has 0 radical (unpaired) electrons. The van der Waals surface area contributed by atoms with Crippen LogP contribution in [0.4, 0.5) is 10.7 Å². The van der Waals surface area contributed by atoms with Crippen LogP contribution in [0, 0.1) is 0 Å². The molecule has 1 aromatic heterocycles. The average Bonchev–Trinajstić information content (AvgIpc) is 2.84. The Hall–Kier alpha value is -2.83. The number of amides is 1. The highest BCUT2D eigenvalue weighted by atomic mass is 16.5. The first-order chi connectivity index (χ1) is 9.65. The van der Waals surface area contributed by atoms with Gasteiger partial charge in [0.2, 0.25) is 5.95 Å². The van der Waals surface area contributed by atoms with Crippen LogP contribution < -0.4 is 5.32 Å². The molecular formula is C13H13N3O4. The maximum atomic E-state index is 11.6. The van der Waals surface area contributed by atoms with E-state index < -0.39 is 12.1 Å². The zero-order valence-electron chi connectivity index (χ0n) is 10.5. The smallest absolute Gasteiger partial charge is 0.414 e. The van der Waals surface area contributed by atoms with Crippen molar-refractivity contribution in [3.8, 4) is 0 Å². The summed E-state index contributed by atoms with van der Waals surface area (Å²) in [5.74, 6) is -0.894. The van der Waals surface area contributed by atoms with Gasteiger partial charge in [-0.2, -0.15) is 0 Å². The number of aromatic nitrogens is 2. The van der Waals surface area contributed by atoms with Crippen LogP contribution in [0.5, 0.6) is 0 Å². The molecule has 2 N–H and O–H groups in total. The predicted octanol–water partition coefficient (Wildman–Crippen LogP) is 1.72. The quantitative estimate of drug-likeness (QED) is 0.866. The van der Waals surface area contributed by atoms with Gasteiger partial charge in [0.1, 0.15) is 13.2 Å². The fourth-order valence-electron chi connectivity index (χ4n) is 1.56. The lowest BCUT2D eigenvalue weighted by Gasteiger charge is -2.08. The molecule has 0 fully saturated rings. The van der Waals surface area contributed by atoms with Gasteiger partial charge < -0.3 is 14.4 Å². The molecule has 7 heteroatoms. The third kappa shape index (κ3) is 3.84. The van der Waals surface area contributed by atoms with Gasteiger partial charge in [-0.1, -0.05) is 30.3 Å². The minimum absolute atomic E-state index is 0.130. The summed E-state index contributed by atoms with van der Waals surface area (Å²) in [6.07, 6.45) is 2.17. The summed E-state index contributed by atoms with van der Waals surface area (Å²) in [6.45, 7) is -0.152. The normalized spacial score (nSPS) is 10.0. The van der Waals surface area contributed by atoms with Crippen molar-refractivity contribution in [3.05, 3.63) is 48.3 Å². The number of carboxylic acid groups (broad SMARTS) is 1. The minimum atomic E-state index is -1.02. The molecule has 0 atom stereocenters. The van der Waals surface area contributed by atoms with Gasteiger partial charge in [-0.3, -0.25) is 10.1 Å². The van der Waals surface area contributed by atoms with Crippen LogP contribution in [0.25, 0.3) is 0 Å². The molecule has 0 unspecified atom stereocenters. The number of carboxylic acids is 1. The van der Waals surface area contributed by atoms with E-state index in [1.54, 1.807) is 0 Å². The van der Waals surface area contributed by atoms with Crippen LogP contribution >= 0.6 is 0 Å². The summed E-state index contributed by atoms with van der Waals surface area (Å²) >= 11 is 0. The molecule has 0 aliphatic heterocycles. The molecule has 0 bridgehead atoms. The molecule has 0 spiro atoms. The highest BCUT2D eigenvalue weighted by Gasteiger charge is 2.10. The Labute approximate surface area is 114 Å². The van der Waals surface area contributed by atoms with E-state index in [2.05, 4.69) is 10.3 Å². The number of carbonyl (C=O) groups excluding carboxylic acids is 1. The maximum Gasteiger partial charge on any atom is 0.414 e. The Morgan fingerprint density at radius 2 is 2.05 bits per heavy atom. The molecule has 1 aromatic carbocycles. The van der Waals surface area contributed by atoms with Crippen LogP contribution in [0.3, 0.4) is 0 Å². The van der Waals surface area contributed by atoms with Gasteiger partial charge in [0.25, 0.3) is 0 Å². The predicted molar refractivity (Wildman–Crippen MR) is 70.1 cm³/mol. The molecule has 0 aliphatic rings. The number of nitrogens with one attached hydrogen (secondary N) is 1. The van der Waals surface area contributed by atoms with Gasteiger partial charge >= 0.3 is 12.1 Å². The van der Waals surface area contributed by atoms with Crippen LogP contribution in [-0.2, 0) is 22.7 Å². The maximum absolute atomic E-state index is 11.6. The largest absolute Gasteiger partial charge is 0.480 e. The Morgan fingerprint density at radius 1 is 1.30 bits per heavy atom. The lowest BCUT2D eigenvalue weighted by Crippen LogP contribution is -2.18. The number of ether oxygens (including phenoxy) is 1. The second-order valence-electron chi connectivity index (χ2n) is 3.96. The van der Waals surface area contributed by atoms with Crippen LogP contribution in [0.2, 0.25) is 0 Å². The minimum Gasteiger partial charge on any atom is -0.480 e. The van der Waals surface area contributed by atoms with Gasteiger partial charge in [0.05, 0.1) is 0 Å². The second kappa shape index (κ2) is 6.37. The molecule has 0 saturated carbocycles. The first kappa shape index (κ1) is 13.6. The molecule has 0 saturated heterocycles. The summed E-state index contributed by atoms with van der Waals surface area (Å²) < 4.78 is 6.31. The fraction of sp³-hybridized carbons (Fsp3) is 0.154. The van der Waals surface area contributed by atoms with Gasteiger partial charge in [-0.25, -0.2) is 9.78 Å². The number of hydrogen-bond acceptors (Lipinski definition) is 4. The number of benzene rings is 1. The first-order valence-electron chi connectivity index (χ1n) is 5.86. The topological polar surface area (TPSA) is 93.5 Å². The van der Waals surface area contributed by atoms with Crippen molar-refractivity contribution in [2.24, 2.45) is 0 Å². The summed E-state index contributed by atoms with van der Waals surface area (Å²) in [5.41, 5.74) is 0.858. The molecule has 104 valence electrons. The third-order valence-electron chi connectivity index (χ3n) is 2.45. The van der Waals surface area contributed by atoms with Gasteiger partial charge in [-0.15, -0.1) is 0 Å². The number of aliphatic carboxylic acids is 1. The van der Waals surface area contributed by atoms with Gasteiger partial charge in [-0.05, 0) is 5.56 Å². The molecule has 2 rings (SSSR count). The number of rotatable bonds is 5. The average molecular weight is 275 g/mol. The zero-order valence-corrected chi connectivity index (χ0v) is 10.5. The van der Waals surface area contributed by atoms with Crippen molar-refractivity contribution in [2.75, 3.05) is 5.32 Å². The van der Waals surface area contributed by atoms with Crippen LogP contribution in [0.15, 0.2) is 42.7 Å². The van der Waals surface area contributed by atoms with E-state index in [0.29, 0.717) is 0 Å². The van der Waals surface area contributed by atoms with E-state index in [-0.39, 0.29) is 19.1 Å². The van der Waals surface area contributed by atoms with E-state index in [9.17, 15) is 9.59 Å². The number of nitrogens with zero attached hydrogens (tertiary/aromatic N) is 2. The Balaban J connectivity index is 1.88. The SMILES string of the molecule is O=C(O)Cn1ccnc1NC(=O)OCc1ccccc1. The van der Waals surface area contributed by atoms with Crippen molar-refractivity contribution >= 4 is 18.0 Å². The van der Waals surface area contributed by atoms with Crippen molar-refractivity contribution in [1.29, 1.82) is 0 Å². The molecule has 1 amide bonds. The second-order valence-corrected chi connectivity index (χ2v) is 3.96. The summed E-state index contributed by atoms with van der Waals surface area (Å²) in [4.78, 5) is 26.1. The number of hydrogen-bond donors (Lipinski definition) is 2. The Bertz CT molecular complexity index is 595. The fourth-order valence-corrected chi connectivity index (χ4v) is 1.56. The van der Waals surface area contributed by atoms with Crippen molar-refractivity contribution in [2.45, 2.75) is 13.2 Å². The van der Waals surface area contributed by atoms with Crippen molar-refractivity contribution in [1.82, 2.24) is 9.55 Å². The van der Waals surface area contributed by atoms with Crippen LogP contribution in [0.1, 0.15) is 5.56 Å². The molecule has 2 aromatic rings. The highest BCUT2D eigenvalue weighted by molar-refractivity contribution is 5.82. The summed E-state index contributed by atoms with van der Waals surface area (Å²) in [6, 6.07) is 9.22. The lowest BCUT2D eigenvalue weighted by atomic mass is 10.2. The zero-order chi connectivity index (χ0) is 14.4. The molecule has 20 heavy (non-hydrogen) atoms. The van der Waals surface area contributed by atoms with Crippen molar-refractivity contribution < 1.29 is 19.4 Å². The van der Waals surface area contributed by atoms with Crippen LogP contribution in [-0.4, -0.2) is 26.7 Å². The highest BCUT2D eigenvalue weighted by Crippen LogP contribution is 2.06. The standard InChI is InChI=1S/C13H13N3O4/c17-11(18)8-16-7-6-14-12(16)15-13(19)20-9-10-4-2-1-3-5-10/h1-7H,8-9H2,(H,17,18)(H,14,15,19). The molecule has 7 nitrogen and oxygen atoms in total. The summed E-state index contributed by atoms with van der Waals surface area (Å²) in [5, 5.41) is 11.1. The lowest BCUT2D eigenvalue weighted by molar-refractivity contribution is -0.137. The van der Waals surface area contributed by atoms with Crippen molar-refractivity contribution in [3.63, 3.8) is 0 Å². The summed E-state index contributed by atoms with van der Waals surface area (Å²) in [7, 11) is 0. The van der Waals surface area contributed by atoms with E-state index in [4.69, 9.17) is 9.84 Å². The van der Waals surface area contributed by atoms with Gasteiger partial charge in [0, 0.05) is 12.4 Å². The van der Waals surface area contributed by atoms with Gasteiger partial charge in [0.15, 0.2) is 0 Å². The van der Waals surface area contributed by atoms with E-state index in [1.165, 1.54) is 17.0 Å². The molecule has 1 heterocycles. The molecular weight excluding hydrogens is 262 g/mol. The Morgan fingerprint density at radius 3 is 2.75 bits per heavy atom. The number of carbonyl (C=O) groups is 2. The first-order valence-corrected chi connectivity index (χ1v) is 5.86. The third-order valence-corrected chi connectivity index (χ3v) is 2.45. The van der Waals surface area contributed by atoms with E-state index in [0.717, 1.165) is 5.56 Å². The van der Waals surface area contributed by atoms with E-state index >= 15 is 0 Å². The number of imidazole rings is 1. The molecule has 0 aliphatic carbocycles. The monoisotopic (exact) mass is 275 g/mol. The Kier molecular flexibility index (Phi) is 4.33.